The first-order valence-corrected chi connectivity index (χ1v) is 7.93. The van der Waals surface area contributed by atoms with Crippen molar-refractivity contribution in [3.05, 3.63) is 29.8 Å². The van der Waals surface area contributed by atoms with E-state index in [0.29, 0.717) is 12.6 Å². The summed E-state index contributed by atoms with van der Waals surface area (Å²) in [6, 6.07) is 8.92. The average Bonchev–Trinajstić information content (AvgIpc) is 2.52. The molecule has 21 heavy (non-hydrogen) atoms. The first-order valence-electron chi connectivity index (χ1n) is 7.93. The molecule has 0 atom stereocenters. The first-order chi connectivity index (χ1) is 10.3. The Kier molecular flexibility index (Phi) is 9.06. The molecular weight excluding hydrogens is 264 g/mol. The van der Waals surface area contributed by atoms with Crippen LogP contribution in [0.25, 0.3) is 0 Å². The summed E-state index contributed by atoms with van der Waals surface area (Å²) >= 11 is 0. The zero-order chi connectivity index (χ0) is 15.5. The number of hydrogen-bond donors (Lipinski definition) is 2. The fourth-order valence-corrected chi connectivity index (χ4v) is 2.67. The molecule has 0 radical (unpaired) electrons. The number of nitrogens with zero attached hydrogens (tertiary/aromatic N) is 1. The van der Waals surface area contributed by atoms with Gasteiger partial charge in [0.15, 0.2) is 0 Å². The van der Waals surface area contributed by atoms with E-state index in [9.17, 15) is 5.11 Å². The van der Waals surface area contributed by atoms with E-state index >= 15 is 0 Å². The van der Waals surface area contributed by atoms with Crippen LogP contribution in [0.5, 0.6) is 0 Å². The van der Waals surface area contributed by atoms with Crippen LogP contribution in [0, 0.1) is 0 Å². The third kappa shape index (κ3) is 5.65. The van der Waals surface area contributed by atoms with Crippen molar-refractivity contribution in [1.29, 1.82) is 0 Å². The van der Waals surface area contributed by atoms with Crippen LogP contribution in [0.4, 0.5) is 5.69 Å². The van der Waals surface area contributed by atoms with Gasteiger partial charge in [0.25, 0.3) is 0 Å². The molecule has 120 valence electrons. The highest BCUT2D eigenvalue weighted by atomic mass is 16.5. The van der Waals surface area contributed by atoms with Crippen molar-refractivity contribution < 1.29 is 9.84 Å². The van der Waals surface area contributed by atoms with Crippen LogP contribution < -0.4 is 10.2 Å². The van der Waals surface area contributed by atoms with Crippen molar-refractivity contribution in [2.45, 2.75) is 39.3 Å². The second-order valence-electron chi connectivity index (χ2n) is 5.19. The second-order valence-corrected chi connectivity index (χ2v) is 5.19. The average molecular weight is 294 g/mol. The van der Waals surface area contributed by atoms with Gasteiger partial charge in [-0.3, -0.25) is 0 Å². The van der Waals surface area contributed by atoms with Gasteiger partial charge in [-0.25, -0.2) is 0 Å². The standard InChI is InChI=1S/C17H30N2O2/c1-4-16(5-2)19(11-12-20)17-9-7-6-8-15(17)14-18-10-13-21-3/h6-9,16,18,20H,4-5,10-14H2,1-3H3. The smallest absolute Gasteiger partial charge is 0.0606 e. The number of ether oxygens (including phenoxy) is 1. The maximum Gasteiger partial charge on any atom is 0.0606 e. The van der Waals surface area contributed by atoms with E-state index in [-0.39, 0.29) is 6.61 Å². The summed E-state index contributed by atoms with van der Waals surface area (Å²) in [4.78, 5) is 2.34. The van der Waals surface area contributed by atoms with E-state index in [1.54, 1.807) is 7.11 Å². The van der Waals surface area contributed by atoms with Gasteiger partial charge in [-0.1, -0.05) is 32.0 Å². The van der Waals surface area contributed by atoms with Crippen LogP contribution in [-0.2, 0) is 11.3 Å². The molecule has 1 aromatic carbocycles. The molecule has 2 N–H and O–H groups in total. The highest BCUT2D eigenvalue weighted by molar-refractivity contribution is 5.54. The summed E-state index contributed by atoms with van der Waals surface area (Å²) in [6.45, 7) is 7.66. The lowest BCUT2D eigenvalue weighted by Crippen LogP contribution is -2.37. The van der Waals surface area contributed by atoms with Crippen LogP contribution in [0.15, 0.2) is 24.3 Å². The molecule has 1 aromatic rings. The monoisotopic (exact) mass is 294 g/mol. The Balaban J connectivity index is 2.86. The van der Waals surface area contributed by atoms with Gasteiger partial charge < -0.3 is 20.1 Å². The topological polar surface area (TPSA) is 44.7 Å². The van der Waals surface area contributed by atoms with Gasteiger partial charge >= 0.3 is 0 Å². The molecule has 1 rings (SSSR count). The SMILES string of the molecule is CCC(CC)N(CCO)c1ccccc1CNCCOC. The molecule has 0 aliphatic heterocycles. The zero-order valence-electron chi connectivity index (χ0n) is 13.6. The quantitative estimate of drug-likeness (QED) is 0.615. The van der Waals surface area contributed by atoms with Crippen LogP contribution in [0.3, 0.4) is 0 Å². The molecular formula is C17H30N2O2. The predicted octanol–water partition coefficient (Wildman–Crippen LogP) is 2.41. The molecule has 0 heterocycles. The Bertz CT molecular complexity index is 381. The van der Waals surface area contributed by atoms with Crippen molar-refractivity contribution in [2.24, 2.45) is 0 Å². The van der Waals surface area contributed by atoms with Gasteiger partial charge in [0.05, 0.1) is 13.2 Å². The van der Waals surface area contributed by atoms with Crippen LogP contribution >= 0.6 is 0 Å². The van der Waals surface area contributed by atoms with Gasteiger partial charge in [0.1, 0.15) is 0 Å². The van der Waals surface area contributed by atoms with Crippen LogP contribution in [0.2, 0.25) is 0 Å². The van der Waals surface area contributed by atoms with Crippen molar-refractivity contribution in [2.75, 3.05) is 38.3 Å². The van der Waals surface area contributed by atoms with E-state index < -0.39 is 0 Å². The number of benzene rings is 1. The fraction of sp³-hybridized carbons (Fsp3) is 0.647. The van der Waals surface area contributed by atoms with Crippen molar-refractivity contribution >= 4 is 5.69 Å². The summed E-state index contributed by atoms with van der Waals surface area (Å²) < 4.78 is 5.06. The highest BCUT2D eigenvalue weighted by Gasteiger charge is 2.17. The minimum atomic E-state index is 0.182. The molecule has 0 saturated carbocycles. The largest absolute Gasteiger partial charge is 0.395 e. The molecule has 0 aliphatic rings. The molecule has 0 fully saturated rings. The molecule has 0 spiro atoms. The number of hydrogen-bond acceptors (Lipinski definition) is 4. The third-order valence-corrected chi connectivity index (χ3v) is 3.82. The Morgan fingerprint density at radius 1 is 1.24 bits per heavy atom. The molecule has 0 aromatic heterocycles. The Labute approximate surface area is 129 Å². The first kappa shape index (κ1) is 18.0. The lowest BCUT2D eigenvalue weighted by Gasteiger charge is -2.34. The molecule has 0 bridgehead atoms. The number of anilines is 1. The summed E-state index contributed by atoms with van der Waals surface area (Å²) in [6.07, 6.45) is 2.17. The number of para-hydroxylation sites is 1. The summed E-state index contributed by atoms with van der Waals surface area (Å²) in [5.74, 6) is 0. The molecule has 4 heteroatoms. The molecule has 0 aliphatic carbocycles. The number of aliphatic hydroxyl groups is 1. The van der Waals surface area contributed by atoms with Crippen LogP contribution in [-0.4, -0.2) is 44.6 Å². The van der Waals surface area contributed by atoms with E-state index in [0.717, 1.165) is 32.5 Å². The lowest BCUT2D eigenvalue weighted by molar-refractivity contribution is 0.199. The highest BCUT2D eigenvalue weighted by Crippen LogP contribution is 2.24. The van der Waals surface area contributed by atoms with Gasteiger partial charge in [-0.05, 0) is 24.5 Å². The maximum atomic E-state index is 9.40. The molecule has 0 saturated heterocycles. The third-order valence-electron chi connectivity index (χ3n) is 3.82. The van der Waals surface area contributed by atoms with Gasteiger partial charge in [-0.15, -0.1) is 0 Å². The summed E-state index contributed by atoms with van der Waals surface area (Å²) in [7, 11) is 1.71. The van der Waals surface area contributed by atoms with Crippen molar-refractivity contribution in [3.63, 3.8) is 0 Å². The molecule has 0 unspecified atom stereocenters. The van der Waals surface area contributed by atoms with E-state index in [4.69, 9.17) is 4.74 Å². The van der Waals surface area contributed by atoms with E-state index in [2.05, 4.69) is 48.3 Å². The Hall–Kier alpha value is -1.10. The number of nitrogens with one attached hydrogen (secondary N) is 1. The van der Waals surface area contributed by atoms with Gasteiger partial charge in [0, 0.05) is 38.5 Å². The number of rotatable bonds is 11. The second kappa shape index (κ2) is 10.6. The zero-order valence-corrected chi connectivity index (χ0v) is 13.6. The van der Waals surface area contributed by atoms with Crippen molar-refractivity contribution in [3.8, 4) is 0 Å². The summed E-state index contributed by atoms with van der Waals surface area (Å²) in [5.41, 5.74) is 2.50. The van der Waals surface area contributed by atoms with Crippen LogP contribution in [0.1, 0.15) is 32.3 Å². The van der Waals surface area contributed by atoms with E-state index in [1.165, 1.54) is 11.3 Å². The number of methoxy groups -OCH3 is 1. The van der Waals surface area contributed by atoms with E-state index in [1.807, 2.05) is 0 Å². The molecule has 4 nitrogen and oxygen atoms in total. The Morgan fingerprint density at radius 3 is 2.57 bits per heavy atom. The normalized spacial score (nSPS) is 11.1. The van der Waals surface area contributed by atoms with Gasteiger partial charge in [0.2, 0.25) is 0 Å². The van der Waals surface area contributed by atoms with Crippen molar-refractivity contribution in [1.82, 2.24) is 5.32 Å². The minimum absolute atomic E-state index is 0.182. The predicted molar refractivity (Wildman–Crippen MR) is 88.8 cm³/mol. The minimum Gasteiger partial charge on any atom is -0.395 e. The molecule has 0 amide bonds. The fourth-order valence-electron chi connectivity index (χ4n) is 2.67. The lowest BCUT2D eigenvalue weighted by atomic mass is 10.1. The van der Waals surface area contributed by atoms with Gasteiger partial charge in [-0.2, -0.15) is 0 Å². The summed E-state index contributed by atoms with van der Waals surface area (Å²) in [5, 5.41) is 12.8. The Morgan fingerprint density at radius 2 is 1.95 bits per heavy atom. The maximum absolute atomic E-state index is 9.40. The number of aliphatic hydroxyl groups excluding tert-OH is 1.